The minimum Gasteiger partial charge on any atom is -0.486 e. The van der Waals surface area contributed by atoms with Crippen molar-refractivity contribution in [3.05, 3.63) is 24.0 Å². The number of hydrogen-bond donors (Lipinski definition) is 2. The Bertz CT molecular complexity index is 574. The highest BCUT2D eigenvalue weighted by atomic mass is 19.1. The van der Waals surface area contributed by atoms with Crippen molar-refractivity contribution < 1.29 is 23.8 Å². The highest BCUT2D eigenvalue weighted by molar-refractivity contribution is 5.69. The lowest BCUT2D eigenvalue weighted by Gasteiger charge is -2.27. The molecule has 1 aromatic rings. The summed E-state index contributed by atoms with van der Waals surface area (Å²) >= 11 is 0. The van der Waals surface area contributed by atoms with Crippen molar-refractivity contribution in [3.8, 4) is 5.75 Å². The molecule has 0 aromatic heterocycles. The molecule has 1 fully saturated rings. The Balaban J connectivity index is 2.06. The van der Waals surface area contributed by atoms with Crippen molar-refractivity contribution in [1.29, 1.82) is 0 Å². The van der Waals surface area contributed by atoms with Crippen LogP contribution in [-0.2, 0) is 4.74 Å². The number of nitrogen functional groups attached to an aromatic ring is 1. The van der Waals surface area contributed by atoms with Crippen LogP contribution in [0.15, 0.2) is 18.2 Å². The first-order valence-corrected chi connectivity index (χ1v) is 7.52. The fourth-order valence-electron chi connectivity index (χ4n) is 2.47. The number of aliphatic hydroxyl groups excluding tert-OH is 1. The number of benzene rings is 1. The molecule has 2 rings (SSSR count). The first kappa shape index (κ1) is 17.3. The average molecular weight is 326 g/mol. The number of anilines is 1. The number of hydrogen-bond acceptors (Lipinski definition) is 5. The van der Waals surface area contributed by atoms with Gasteiger partial charge in [0, 0.05) is 12.5 Å². The second kappa shape index (κ2) is 6.62. The van der Waals surface area contributed by atoms with Crippen molar-refractivity contribution in [2.75, 3.05) is 18.9 Å². The van der Waals surface area contributed by atoms with Crippen molar-refractivity contribution in [2.45, 2.75) is 44.9 Å². The predicted molar refractivity (Wildman–Crippen MR) is 83.7 cm³/mol. The van der Waals surface area contributed by atoms with E-state index in [1.165, 1.54) is 23.1 Å². The minimum absolute atomic E-state index is 0.197. The van der Waals surface area contributed by atoms with Crippen LogP contribution in [0.5, 0.6) is 5.75 Å². The van der Waals surface area contributed by atoms with Crippen LogP contribution in [0.25, 0.3) is 0 Å². The van der Waals surface area contributed by atoms with Crippen molar-refractivity contribution in [1.82, 2.24) is 4.90 Å². The molecule has 2 unspecified atom stereocenters. The van der Waals surface area contributed by atoms with Crippen molar-refractivity contribution in [2.24, 2.45) is 0 Å². The summed E-state index contributed by atoms with van der Waals surface area (Å²) in [6.07, 6.45) is -0.468. The number of carbonyl (C=O) groups excluding carboxylic acids is 1. The maximum atomic E-state index is 13.3. The van der Waals surface area contributed by atoms with E-state index in [9.17, 15) is 14.3 Å². The fraction of sp³-hybridized carbons (Fsp3) is 0.562. The standard InChI is InChI=1S/C16H23FN2O4/c1-16(2,3)23-15(21)19-8-12(7-11(19)9-20)22-14-6-10(17)4-5-13(14)18/h4-6,11-12,20H,7-9,18H2,1-3H3. The fourth-order valence-corrected chi connectivity index (χ4v) is 2.47. The van der Waals surface area contributed by atoms with Gasteiger partial charge in [0.15, 0.2) is 0 Å². The third kappa shape index (κ3) is 4.48. The molecule has 1 aromatic carbocycles. The second-order valence-electron chi connectivity index (χ2n) is 6.63. The maximum absolute atomic E-state index is 13.3. The number of carbonyl (C=O) groups is 1. The zero-order chi connectivity index (χ0) is 17.2. The van der Waals surface area contributed by atoms with Gasteiger partial charge < -0.3 is 20.3 Å². The van der Waals surface area contributed by atoms with Gasteiger partial charge in [-0.1, -0.05) is 0 Å². The quantitative estimate of drug-likeness (QED) is 0.832. The Kier molecular flexibility index (Phi) is 4.99. The van der Waals surface area contributed by atoms with Crippen LogP contribution in [0.1, 0.15) is 27.2 Å². The van der Waals surface area contributed by atoms with Gasteiger partial charge in [-0.15, -0.1) is 0 Å². The van der Waals surface area contributed by atoms with Gasteiger partial charge in [-0.3, -0.25) is 4.90 Å². The molecule has 2 atom stereocenters. The van der Waals surface area contributed by atoms with E-state index in [-0.39, 0.29) is 25.0 Å². The van der Waals surface area contributed by atoms with Gasteiger partial charge in [-0.2, -0.15) is 0 Å². The topological polar surface area (TPSA) is 85.0 Å². The van der Waals surface area contributed by atoms with Gasteiger partial charge in [0.25, 0.3) is 0 Å². The molecule has 0 radical (unpaired) electrons. The summed E-state index contributed by atoms with van der Waals surface area (Å²) in [7, 11) is 0. The third-order valence-electron chi connectivity index (χ3n) is 3.48. The molecule has 0 spiro atoms. The highest BCUT2D eigenvalue weighted by Crippen LogP contribution is 2.28. The molecule has 1 amide bonds. The van der Waals surface area contributed by atoms with E-state index in [1.807, 2.05) is 0 Å². The first-order valence-electron chi connectivity index (χ1n) is 7.52. The zero-order valence-corrected chi connectivity index (χ0v) is 13.6. The molecule has 0 aliphatic carbocycles. The molecule has 1 saturated heterocycles. The third-order valence-corrected chi connectivity index (χ3v) is 3.48. The van der Waals surface area contributed by atoms with Gasteiger partial charge in [0.05, 0.1) is 24.9 Å². The summed E-state index contributed by atoms with van der Waals surface area (Å²) in [5.74, 6) is -0.215. The predicted octanol–water partition coefficient (Wildman–Crippen LogP) is 2.16. The Morgan fingerprint density at radius 1 is 1.48 bits per heavy atom. The number of amides is 1. The summed E-state index contributed by atoms with van der Waals surface area (Å²) in [4.78, 5) is 13.6. The van der Waals surface area contributed by atoms with E-state index in [2.05, 4.69) is 0 Å². The number of halogens is 1. The maximum Gasteiger partial charge on any atom is 0.410 e. The molecule has 7 heteroatoms. The Morgan fingerprint density at radius 2 is 2.17 bits per heavy atom. The van der Waals surface area contributed by atoms with E-state index in [4.69, 9.17) is 15.2 Å². The highest BCUT2D eigenvalue weighted by Gasteiger charge is 2.38. The molecule has 0 saturated carbocycles. The average Bonchev–Trinajstić information content (AvgIpc) is 2.84. The van der Waals surface area contributed by atoms with E-state index < -0.39 is 23.6 Å². The van der Waals surface area contributed by atoms with E-state index in [0.717, 1.165) is 0 Å². The van der Waals surface area contributed by atoms with Crippen LogP contribution in [-0.4, -0.2) is 47.0 Å². The van der Waals surface area contributed by atoms with Gasteiger partial charge >= 0.3 is 6.09 Å². The monoisotopic (exact) mass is 326 g/mol. The summed E-state index contributed by atoms with van der Waals surface area (Å²) in [6, 6.07) is 3.49. The molecule has 1 aliphatic heterocycles. The summed E-state index contributed by atoms with van der Waals surface area (Å²) in [5.41, 5.74) is 5.47. The number of likely N-dealkylation sites (tertiary alicyclic amines) is 1. The summed E-state index contributed by atoms with van der Waals surface area (Å²) in [6.45, 7) is 5.37. The van der Waals surface area contributed by atoms with Crippen molar-refractivity contribution >= 4 is 11.8 Å². The van der Waals surface area contributed by atoms with Crippen LogP contribution in [0.4, 0.5) is 14.9 Å². The second-order valence-corrected chi connectivity index (χ2v) is 6.63. The van der Waals surface area contributed by atoms with Gasteiger partial charge in [0.2, 0.25) is 0 Å². The number of ether oxygens (including phenoxy) is 2. The normalized spacial score (nSPS) is 21.3. The van der Waals surface area contributed by atoms with Gasteiger partial charge in [-0.25, -0.2) is 9.18 Å². The van der Waals surface area contributed by atoms with Crippen LogP contribution in [0, 0.1) is 5.82 Å². The zero-order valence-electron chi connectivity index (χ0n) is 13.6. The van der Waals surface area contributed by atoms with E-state index >= 15 is 0 Å². The first-order chi connectivity index (χ1) is 10.7. The number of aliphatic hydroxyl groups is 1. The Hall–Kier alpha value is -2.02. The van der Waals surface area contributed by atoms with Crippen LogP contribution in [0.2, 0.25) is 0 Å². The molecule has 128 valence electrons. The molecule has 1 heterocycles. The number of nitrogens with two attached hydrogens (primary N) is 1. The Morgan fingerprint density at radius 3 is 2.78 bits per heavy atom. The van der Waals surface area contributed by atoms with Crippen LogP contribution >= 0.6 is 0 Å². The van der Waals surface area contributed by atoms with Crippen LogP contribution < -0.4 is 10.5 Å². The lowest BCUT2D eigenvalue weighted by Crippen LogP contribution is -2.41. The lowest BCUT2D eigenvalue weighted by atomic mass is 10.2. The van der Waals surface area contributed by atoms with E-state index in [0.29, 0.717) is 12.1 Å². The lowest BCUT2D eigenvalue weighted by molar-refractivity contribution is 0.0166. The van der Waals surface area contributed by atoms with Crippen molar-refractivity contribution in [3.63, 3.8) is 0 Å². The SMILES string of the molecule is CC(C)(C)OC(=O)N1CC(Oc2cc(F)ccc2N)CC1CO. The molecule has 3 N–H and O–H groups in total. The minimum atomic E-state index is -0.622. The van der Waals surface area contributed by atoms with Crippen LogP contribution in [0.3, 0.4) is 0 Å². The summed E-state index contributed by atoms with van der Waals surface area (Å²) in [5, 5.41) is 9.48. The largest absolute Gasteiger partial charge is 0.486 e. The summed E-state index contributed by atoms with van der Waals surface area (Å²) < 4.78 is 24.3. The smallest absolute Gasteiger partial charge is 0.410 e. The molecule has 0 bridgehead atoms. The Labute approximate surface area is 135 Å². The molecule has 6 nitrogen and oxygen atoms in total. The molecule has 1 aliphatic rings. The molecular weight excluding hydrogens is 303 g/mol. The van der Waals surface area contributed by atoms with E-state index in [1.54, 1.807) is 20.8 Å². The molecular formula is C16H23FN2O4. The number of nitrogens with zero attached hydrogens (tertiary/aromatic N) is 1. The van der Waals surface area contributed by atoms with Gasteiger partial charge in [0.1, 0.15) is 23.3 Å². The number of rotatable bonds is 3. The van der Waals surface area contributed by atoms with Gasteiger partial charge in [-0.05, 0) is 32.9 Å². The molecule has 23 heavy (non-hydrogen) atoms.